The summed E-state index contributed by atoms with van der Waals surface area (Å²) in [6.45, 7) is 2.68. The molecular weight excluding hydrogens is 246 g/mol. The van der Waals surface area contributed by atoms with Crippen LogP contribution >= 0.6 is 0 Å². The second-order valence-electron chi connectivity index (χ2n) is 5.52. The lowest BCUT2D eigenvalue weighted by Crippen LogP contribution is -2.46. The Bertz CT molecular complexity index is 493. The molecule has 0 amide bonds. The molecule has 6 heteroatoms. The van der Waals surface area contributed by atoms with Crippen molar-refractivity contribution in [2.24, 2.45) is 0 Å². The maximum Gasteiger partial charge on any atom is 0.358 e. The van der Waals surface area contributed by atoms with Crippen molar-refractivity contribution in [3.05, 3.63) is 11.4 Å². The Balaban J connectivity index is 1.87. The second-order valence-corrected chi connectivity index (χ2v) is 5.52. The molecule has 1 aromatic heterocycles. The van der Waals surface area contributed by atoms with Crippen molar-refractivity contribution in [1.82, 2.24) is 15.0 Å². The fourth-order valence-corrected chi connectivity index (χ4v) is 3.23. The first-order valence-corrected chi connectivity index (χ1v) is 6.96. The van der Waals surface area contributed by atoms with E-state index in [-0.39, 0.29) is 17.3 Å². The Labute approximate surface area is 111 Å². The molecule has 2 fully saturated rings. The van der Waals surface area contributed by atoms with Crippen LogP contribution in [0.1, 0.15) is 61.3 Å². The number of ether oxygens (including phenoxy) is 1. The van der Waals surface area contributed by atoms with Gasteiger partial charge in [-0.3, -0.25) is 0 Å². The predicted molar refractivity (Wildman–Crippen MR) is 67.2 cm³/mol. The van der Waals surface area contributed by atoms with Crippen molar-refractivity contribution in [1.29, 1.82) is 0 Å². The topological polar surface area (TPSA) is 77.2 Å². The summed E-state index contributed by atoms with van der Waals surface area (Å²) in [5.41, 5.74) is 0.856. The van der Waals surface area contributed by atoms with Crippen molar-refractivity contribution in [3.8, 4) is 0 Å². The van der Waals surface area contributed by atoms with Crippen molar-refractivity contribution in [3.63, 3.8) is 0 Å². The molecule has 1 N–H and O–H groups in total. The number of hydrogen-bond acceptors (Lipinski definition) is 4. The average Bonchev–Trinajstić information content (AvgIpc) is 2.81. The monoisotopic (exact) mass is 265 g/mol. The summed E-state index contributed by atoms with van der Waals surface area (Å²) in [6, 6.07) is 0.226. The van der Waals surface area contributed by atoms with E-state index in [0.29, 0.717) is 6.42 Å². The summed E-state index contributed by atoms with van der Waals surface area (Å²) in [7, 11) is 0. The van der Waals surface area contributed by atoms with Crippen LogP contribution in [0.2, 0.25) is 0 Å². The summed E-state index contributed by atoms with van der Waals surface area (Å²) < 4.78 is 7.73. The van der Waals surface area contributed by atoms with Gasteiger partial charge in [-0.25, -0.2) is 9.48 Å². The molecule has 2 heterocycles. The van der Waals surface area contributed by atoms with E-state index in [9.17, 15) is 4.79 Å². The van der Waals surface area contributed by atoms with E-state index in [2.05, 4.69) is 10.3 Å². The molecule has 1 unspecified atom stereocenters. The smallest absolute Gasteiger partial charge is 0.358 e. The Morgan fingerprint density at radius 3 is 2.95 bits per heavy atom. The van der Waals surface area contributed by atoms with Gasteiger partial charge < -0.3 is 9.84 Å². The predicted octanol–water partition coefficient (Wildman–Crippen LogP) is 1.81. The summed E-state index contributed by atoms with van der Waals surface area (Å²) in [5.74, 6) is -0.992. The third-order valence-electron chi connectivity index (χ3n) is 4.41. The van der Waals surface area contributed by atoms with Crippen molar-refractivity contribution in [2.45, 2.75) is 57.1 Å². The fourth-order valence-electron chi connectivity index (χ4n) is 3.23. The summed E-state index contributed by atoms with van der Waals surface area (Å²) in [5, 5.41) is 17.0. The molecule has 1 aromatic rings. The number of carbonyl (C=O) groups is 1. The molecule has 1 saturated carbocycles. The van der Waals surface area contributed by atoms with Gasteiger partial charge in [0, 0.05) is 6.61 Å². The zero-order valence-corrected chi connectivity index (χ0v) is 11.1. The van der Waals surface area contributed by atoms with Crippen molar-refractivity contribution in [2.75, 3.05) is 6.61 Å². The maximum atomic E-state index is 11.1. The van der Waals surface area contributed by atoms with E-state index in [4.69, 9.17) is 9.84 Å². The van der Waals surface area contributed by atoms with E-state index in [1.54, 1.807) is 0 Å². The van der Waals surface area contributed by atoms with Crippen LogP contribution in [-0.4, -0.2) is 38.3 Å². The van der Waals surface area contributed by atoms with E-state index < -0.39 is 5.97 Å². The Morgan fingerprint density at radius 1 is 1.58 bits per heavy atom. The highest BCUT2D eigenvalue weighted by Gasteiger charge is 2.43. The fraction of sp³-hybridized carbons (Fsp3) is 0.769. The largest absolute Gasteiger partial charge is 0.476 e. The van der Waals surface area contributed by atoms with Crippen LogP contribution in [-0.2, 0) is 11.2 Å². The third-order valence-corrected chi connectivity index (χ3v) is 4.41. The van der Waals surface area contributed by atoms with Crippen LogP contribution < -0.4 is 0 Å². The molecule has 2 aliphatic rings. The minimum Gasteiger partial charge on any atom is -0.476 e. The number of aromatic nitrogens is 3. The molecular formula is C13H19N3O3. The number of hydrogen-bond donors (Lipinski definition) is 1. The number of carboxylic acid groups (broad SMARTS) is 1. The van der Waals surface area contributed by atoms with Gasteiger partial charge in [-0.15, -0.1) is 5.10 Å². The van der Waals surface area contributed by atoms with Gasteiger partial charge >= 0.3 is 5.97 Å². The first-order chi connectivity index (χ1) is 9.15. The minimum atomic E-state index is -0.992. The van der Waals surface area contributed by atoms with Crippen LogP contribution in [0.3, 0.4) is 0 Å². The third kappa shape index (κ3) is 2.04. The van der Waals surface area contributed by atoms with Gasteiger partial charge in [-0.1, -0.05) is 12.1 Å². The first-order valence-electron chi connectivity index (χ1n) is 6.96. The molecule has 1 atom stereocenters. The van der Waals surface area contributed by atoms with Gasteiger partial charge in [0.2, 0.25) is 0 Å². The van der Waals surface area contributed by atoms with Crippen molar-refractivity contribution >= 4 is 5.97 Å². The van der Waals surface area contributed by atoms with E-state index >= 15 is 0 Å². The van der Waals surface area contributed by atoms with Crippen LogP contribution in [0.25, 0.3) is 0 Å². The molecule has 1 aliphatic heterocycles. The van der Waals surface area contributed by atoms with Crippen LogP contribution in [0, 0.1) is 0 Å². The molecule has 1 spiro atoms. The van der Waals surface area contributed by atoms with E-state index in [0.717, 1.165) is 38.0 Å². The minimum absolute atomic E-state index is 0.0310. The normalized spacial score (nSPS) is 25.2. The zero-order chi connectivity index (χ0) is 13.5. The summed E-state index contributed by atoms with van der Waals surface area (Å²) >= 11 is 0. The van der Waals surface area contributed by atoms with Gasteiger partial charge in [0.1, 0.15) is 0 Å². The SMILES string of the molecule is CCc1c(C(=O)O)nnn1C1CCOC2(CCC2)C1. The molecule has 0 aromatic carbocycles. The van der Waals surface area contributed by atoms with Gasteiger partial charge in [0.15, 0.2) is 5.69 Å². The second kappa shape index (κ2) is 4.59. The average molecular weight is 265 g/mol. The highest BCUT2D eigenvalue weighted by molar-refractivity contribution is 5.86. The summed E-state index contributed by atoms with van der Waals surface area (Å²) in [6.07, 6.45) is 5.92. The molecule has 6 nitrogen and oxygen atoms in total. The van der Waals surface area contributed by atoms with Crippen LogP contribution in [0.4, 0.5) is 0 Å². The molecule has 3 rings (SSSR count). The Hall–Kier alpha value is -1.43. The summed E-state index contributed by atoms with van der Waals surface area (Å²) in [4.78, 5) is 11.1. The molecule has 104 valence electrons. The Morgan fingerprint density at radius 2 is 2.37 bits per heavy atom. The lowest BCUT2D eigenvalue weighted by atomic mass is 9.74. The van der Waals surface area contributed by atoms with Gasteiger partial charge in [-0.05, 0) is 38.5 Å². The first kappa shape index (κ1) is 12.6. The van der Waals surface area contributed by atoms with Gasteiger partial charge in [0.05, 0.1) is 17.3 Å². The standard InChI is InChI=1S/C13H19N3O3/c1-2-10-11(12(17)18)14-15-16(10)9-4-7-19-13(8-9)5-3-6-13/h9H,2-8H2,1H3,(H,17,18). The van der Waals surface area contributed by atoms with Gasteiger partial charge in [-0.2, -0.15) is 0 Å². The molecule has 1 saturated heterocycles. The Kier molecular flexibility index (Phi) is 3.05. The van der Waals surface area contributed by atoms with Crippen LogP contribution in [0.15, 0.2) is 0 Å². The number of nitrogens with zero attached hydrogens (tertiary/aromatic N) is 3. The number of aromatic carboxylic acids is 1. The molecule has 0 bridgehead atoms. The molecule has 1 aliphatic carbocycles. The molecule has 19 heavy (non-hydrogen) atoms. The number of rotatable bonds is 3. The van der Waals surface area contributed by atoms with E-state index in [1.165, 1.54) is 6.42 Å². The zero-order valence-electron chi connectivity index (χ0n) is 11.1. The lowest BCUT2D eigenvalue weighted by Gasteiger charge is -2.47. The quantitative estimate of drug-likeness (QED) is 0.901. The highest BCUT2D eigenvalue weighted by Crippen LogP contribution is 2.45. The van der Waals surface area contributed by atoms with Crippen LogP contribution in [0.5, 0.6) is 0 Å². The lowest BCUT2D eigenvalue weighted by molar-refractivity contribution is -0.142. The maximum absolute atomic E-state index is 11.1. The van der Waals surface area contributed by atoms with Crippen molar-refractivity contribution < 1.29 is 14.6 Å². The van der Waals surface area contributed by atoms with E-state index in [1.807, 2.05) is 11.6 Å². The van der Waals surface area contributed by atoms with Gasteiger partial charge in [0.25, 0.3) is 0 Å². The molecule has 0 radical (unpaired) electrons. The number of carboxylic acids is 1. The highest BCUT2D eigenvalue weighted by atomic mass is 16.5.